The van der Waals surface area contributed by atoms with Crippen LogP contribution in [0.4, 0.5) is 8.78 Å². The molecule has 0 bridgehead atoms. The van der Waals surface area contributed by atoms with Crippen molar-refractivity contribution in [3.63, 3.8) is 0 Å². The highest BCUT2D eigenvalue weighted by Gasteiger charge is 2.10. The van der Waals surface area contributed by atoms with Crippen molar-refractivity contribution in [2.24, 2.45) is 0 Å². The third kappa shape index (κ3) is 2.82. The van der Waals surface area contributed by atoms with Crippen LogP contribution in [0.3, 0.4) is 0 Å². The van der Waals surface area contributed by atoms with Gasteiger partial charge in [-0.1, -0.05) is 23.7 Å². The van der Waals surface area contributed by atoms with Crippen LogP contribution in [-0.2, 0) is 6.61 Å². The molecule has 0 heterocycles. The molecule has 0 saturated heterocycles. The minimum Gasteiger partial charge on any atom is -0.486 e. The van der Waals surface area contributed by atoms with E-state index in [2.05, 4.69) is 0 Å². The van der Waals surface area contributed by atoms with Gasteiger partial charge in [0.2, 0.25) is 0 Å². The summed E-state index contributed by atoms with van der Waals surface area (Å²) in [5, 5.41) is 9.10. The number of para-hydroxylation sites is 1. The minimum absolute atomic E-state index is 0.122. The quantitative estimate of drug-likeness (QED) is 0.848. The monoisotopic (exact) mass is 222 g/mol. The minimum atomic E-state index is -2.56. The lowest BCUT2D eigenvalue weighted by Crippen LogP contribution is -2.08. The molecule has 0 amide bonds. The molecule has 14 heavy (non-hydrogen) atoms. The maximum atomic E-state index is 11.9. The maximum absolute atomic E-state index is 11.9. The first-order chi connectivity index (χ1) is 6.65. The Hall–Kier alpha value is -0.870. The van der Waals surface area contributed by atoms with Crippen LogP contribution < -0.4 is 4.74 Å². The van der Waals surface area contributed by atoms with E-state index in [1.54, 1.807) is 12.1 Å². The molecule has 0 spiro atoms. The zero-order chi connectivity index (χ0) is 10.6. The summed E-state index contributed by atoms with van der Waals surface area (Å²) < 4.78 is 28.5. The third-order valence-electron chi connectivity index (χ3n) is 1.57. The van der Waals surface area contributed by atoms with Crippen molar-refractivity contribution in [1.29, 1.82) is 0 Å². The molecule has 1 rings (SSSR count). The zero-order valence-corrected chi connectivity index (χ0v) is 7.97. The zero-order valence-electron chi connectivity index (χ0n) is 7.21. The van der Waals surface area contributed by atoms with E-state index in [0.717, 1.165) is 0 Å². The van der Waals surface area contributed by atoms with E-state index in [1.165, 1.54) is 6.07 Å². The second kappa shape index (κ2) is 5.12. The maximum Gasteiger partial charge on any atom is 0.272 e. The van der Waals surface area contributed by atoms with E-state index in [9.17, 15) is 8.78 Å². The lowest BCUT2D eigenvalue weighted by atomic mass is 10.2. The molecule has 78 valence electrons. The Morgan fingerprint density at radius 1 is 1.43 bits per heavy atom. The van der Waals surface area contributed by atoms with Crippen molar-refractivity contribution in [2.75, 3.05) is 6.61 Å². The molecule has 0 aliphatic carbocycles. The Balaban J connectivity index is 2.82. The van der Waals surface area contributed by atoms with Gasteiger partial charge in [-0.3, -0.25) is 0 Å². The van der Waals surface area contributed by atoms with Crippen LogP contribution in [-0.4, -0.2) is 18.1 Å². The van der Waals surface area contributed by atoms with Gasteiger partial charge < -0.3 is 9.84 Å². The average molecular weight is 223 g/mol. The standard InChI is InChI=1S/C9H9ClF2O2/c10-7-3-1-2-6(4-13)9(7)14-5-8(11)12/h1-3,8,13H,4-5H2. The molecule has 0 aromatic heterocycles. The summed E-state index contributed by atoms with van der Waals surface area (Å²) in [5.74, 6) is 0.122. The number of benzene rings is 1. The lowest BCUT2D eigenvalue weighted by molar-refractivity contribution is 0.0806. The second-order valence-corrected chi connectivity index (χ2v) is 3.00. The van der Waals surface area contributed by atoms with E-state index in [4.69, 9.17) is 21.4 Å². The summed E-state index contributed by atoms with van der Waals surface area (Å²) in [7, 11) is 0. The highest BCUT2D eigenvalue weighted by Crippen LogP contribution is 2.28. The molecular weight excluding hydrogens is 214 g/mol. The van der Waals surface area contributed by atoms with Crippen LogP contribution in [0.2, 0.25) is 5.02 Å². The molecule has 0 aliphatic heterocycles. The smallest absolute Gasteiger partial charge is 0.272 e. The SMILES string of the molecule is OCc1cccc(Cl)c1OCC(F)F. The molecular formula is C9H9ClF2O2. The molecule has 0 radical (unpaired) electrons. The highest BCUT2D eigenvalue weighted by molar-refractivity contribution is 6.32. The van der Waals surface area contributed by atoms with Gasteiger partial charge in [0.15, 0.2) is 0 Å². The molecule has 1 N–H and O–H groups in total. The van der Waals surface area contributed by atoms with Crippen molar-refractivity contribution < 1.29 is 18.6 Å². The predicted octanol–water partition coefficient (Wildman–Crippen LogP) is 2.48. The van der Waals surface area contributed by atoms with Gasteiger partial charge in [0.05, 0.1) is 11.6 Å². The summed E-state index contributed by atoms with van der Waals surface area (Å²) in [4.78, 5) is 0. The largest absolute Gasteiger partial charge is 0.486 e. The van der Waals surface area contributed by atoms with Crippen molar-refractivity contribution in [1.82, 2.24) is 0 Å². The fourth-order valence-electron chi connectivity index (χ4n) is 0.986. The van der Waals surface area contributed by atoms with Crippen LogP contribution in [0.5, 0.6) is 5.75 Å². The van der Waals surface area contributed by atoms with Crippen LogP contribution in [0.15, 0.2) is 18.2 Å². The predicted molar refractivity (Wildman–Crippen MR) is 48.9 cm³/mol. The summed E-state index contributed by atoms with van der Waals surface area (Å²) in [6.07, 6.45) is -2.56. The number of ether oxygens (including phenoxy) is 1. The van der Waals surface area contributed by atoms with Crippen LogP contribution in [0.1, 0.15) is 5.56 Å². The molecule has 2 nitrogen and oxygen atoms in total. The van der Waals surface area contributed by atoms with Crippen molar-refractivity contribution >= 4 is 11.6 Å². The van der Waals surface area contributed by atoms with Gasteiger partial charge in [-0.15, -0.1) is 0 Å². The van der Waals surface area contributed by atoms with Crippen molar-refractivity contribution in [3.8, 4) is 5.75 Å². The Labute approximate surface area is 85.1 Å². The number of aliphatic hydroxyl groups is 1. The number of alkyl halides is 2. The first-order valence-electron chi connectivity index (χ1n) is 3.94. The molecule has 5 heteroatoms. The topological polar surface area (TPSA) is 29.5 Å². The number of aliphatic hydroxyl groups excluding tert-OH is 1. The van der Waals surface area contributed by atoms with Gasteiger partial charge in [-0.05, 0) is 6.07 Å². The van der Waals surface area contributed by atoms with E-state index < -0.39 is 13.0 Å². The molecule has 0 fully saturated rings. The van der Waals surface area contributed by atoms with Gasteiger partial charge in [-0.25, -0.2) is 8.78 Å². The summed E-state index contributed by atoms with van der Waals surface area (Å²) >= 11 is 5.71. The first kappa shape index (κ1) is 11.2. The third-order valence-corrected chi connectivity index (χ3v) is 1.87. The van der Waals surface area contributed by atoms with Gasteiger partial charge in [0, 0.05) is 5.56 Å². The second-order valence-electron chi connectivity index (χ2n) is 2.59. The van der Waals surface area contributed by atoms with Crippen LogP contribution in [0.25, 0.3) is 0 Å². The van der Waals surface area contributed by atoms with E-state index in [-0.39, 0.29) is 17.4 Å². The van der Waals surface area contributed by atoms with Gasteiger partial charge in [-0.2, -0.15) is 0 Å². The Morgan fingerprint density at radius 2 is 2.14 bits per heavy atom. The fraction of sp³-hybridized carbons (Fsp3) is 0.333. The normalized spacial score (nSPS) is 10.6. The van der Waals surface area contributed by atoms with E-state index in [1.807, 2.05) is 0 Å². The molecule has 0 unspecified atom stereocenters. The number of halogens is 3. The molecule has 1 aromatic rings. The first-order valence-corrected chi connectivity index (χ1v) is 4.32. The van der Waals surface area contributed by atoms with Crippen LogP contribution in [0, 0.1) is 0 Å². The van der Waals surface area contributed by atoms with Crippen LogP contribution >= 0.6 is 11.6 Å². The Morgan fingerprint density at radius 3 is 2.71 bits per heavy atom. The fourth-order valence-corrected chi connectivity index (χ4v) is 1.23. The lowest BCUT2D eigenvalue weighted by Gasteiger charge is -2.10. The highest BCUT2D eigenvalue weighted by atomic mass is 35.5. The number of hydrogen-bond donors (Lipinski definition) is 1. The van der Waals surface area contributed by atoms with Crippen molar-refractivity contribution in [2.45, 2.75) is 13.0 Å². The molecule has 1 aromatic carbocycles. The summed E-state index contributed by atoms with van der Waals surface area (Å²) in [5.41, 5.74) is 0.401. The van der Waals surface area contributed by atoms with Crippen molar-refractivity contribution in [3.05, 3.63) is 28.8 Å². The average Bonchev–Trinajstić information content (AvgIpc) is 2.15. The van der Waals surface area contributed by atoms with Gasteiger partial charge >= 0.3 is 0 Å². The van der Waals surface area contributed by atoms with E-state index in [0.29, 0.717) is 5.56 Å². The Kier molecular flexibility index (Phi) is 4.10. The van der Waals surface area contributed by atoms with Gasteiger partial charge in [0.1, 0.15) is 12.4 Å². The Bertz CT molecular complexity index is 305. The van der Waals surface area contributed by atoms with Gasteiger partial charge in [0.25, 0.3) is 6.43 Å². The molecule has 0 saturated carbocycles. The number of hydrogen-bond acceptors (Lipinski definition) is 2. The van der Waals surface area contributed by atoms with E-state index >= 15 is 0 Å². The summed E-state index contributed by atoms with van der Waals surface area (Å²) in [6, 6.07) is 4.69. The number of rotatable bonds is 4. The molecule has 0 atom stereocenters. The summed E-state index contributed by atoms with van der Waals surface area (Å²) in [6.45, 7) is -1.02. The molecule has 0 aliphatic rings.